The number of benzene rings is 3. The molecule has 0 aliphatic heterocycles. The van der Waals surface area contributed by atoms with E-state index in [0.29, 0.717) is 29.0 Å². The summed E-state index contributed by atoms with van der Waals surface area (Å²) in [6.45, 7) is 2.51. The lowest BCUT2D eigenvalue weighted by atomic mass is 10.1. The highest BCUT2D eigenvalue weighted by Crippen LogP contribution is 2.26. The van der Waals surface area contributed by atoms with E-state index in [2.05, 4.69) is 15.9 Å². The van der Waals surface area contributed by atoms with E-state index in [1.165, 1.54) is 0 Å². The second-order valence-corrected chi connectivity index (χ2v) is 7.69. The third kappa shape index (κ3) is 4.39. The van der Waals surface area contributed by atoms with E-state index < -0.39 is 0 Å². The summed E-state index contributed by atoms with van der Waals surface area (Å²) in [5.41, 5.74) is 2.12. The third-order valence-corrected chi connectivity index (χ3v) is 5.31. The van der Waals surface area contributed by atoms with Crippen LogP contribution in [0.1, 0.15) is 18.3 Å². The quantitative estimate of drug-likeness (QED) is 0.356. The topological polar surface area (TPSA) is 53.3 Å². The largest absolute Gasteiger partial charge is 0.497 e. The normalized spacial score (nSPS) is 11.2. The van der Waals surface area contributed by atoms with E-state index in [9.17, 15) is 4.79 Å². The fourth-order valence-electron chi connectivity index (χ4n) is 3.34. The fraction of sp³-hybridized carbons (Fsp3) is 0.120. The minimum atomic E-state index is -0.130. The van der Waals surface area contributed by atoms with Crippen molar-refractivity contribution in [3.05, 3.63) is 92.9 Å². The molecule has 0 aliphatic rings. The molecule has 6 heteroatoms. The summed E-state index contributed by atoms with van der Waals surface area (Å²) < 4.78 is 13.5. The van der Waals surface area contributed by atoms with E-state index in [-0.39, 0.29) is 5.56 Å². The average molecular weight is 477 g/mol. The van der Waals surface area contributed by atoms with E-state index >= 15 is 0 Å². The number of ether oxygens (including phenoxy) is 2. The highest BCUT2D eigenvalue weighted by molar-refractivity contribution is 9.10. The molecule has 0 saturated carbocycles. The van der Waals surface area contributed by atoms with Crippen LogP contribution >= 0.6 is 15.9 Å². The molecule has 0 saturated heterocycles. The van der Waals surface area contributed by atoms with Gasteiger partial charge in [0.15, 0.2) is 0 Å². The van der Waals surface area contributed by atoms with Crippen LogP contribution < -0.4 is 15.0 Å². The van der Waals surface area contributed by atoms with Gasteiger partial charge in [-0.3, -0.25) is 9.36 Å². The highest BCUT2D eigenvalue weighted by Gasteiger charge is 2.11. The lowest BCUT2D eigenvalue weighted by Crippen LogP contribution is -2.22. The summed E-state index contributed by atoms with van der Waals surface area (Å²) in [7, 11) is 1.61. The number of halogens is 1. The zero-order valence-electron chi connectivity index (χ0n) is 17.2. The molecule has 4 rings (SSSR count). The predicted molar refractivity (Wildman–Crippen MR) is 128 cm³/mol. The van der Waals surface area contributed by atoms with Gasteiger partial charge in [0.25, 0.3) is 5.56 Å². The van der Waals surface area contributed by atoms with Gasteiger partial charge in [-0.25, -0.2) is 4.98 Å². The van der Waals surface area contributed by atoms with Crippen LogP contribution in [0.4, 0.5) is 0 Å². The van der Waals surface area contributed by atoms with Crippen LogP contribution in [-0.2, 0) is 0 Å². The third-order valence-electron chi connectivity index (χ3n) is 4.82. The minimum Gasteiger partial charge on any atom is -0.497 e. The maximum Gasteiger partial charge on any atom is 0.266 e. The van der Waals surface area contributed by atoms with Gasteiger partial charge in [0.2, 0.25) is 0 Å². The Morgan fingerprint density at radius 2 is 1.81 bits per heavy atom. The SMILES string of the molecule is CCOc1ccc(Br)cc1/C=C/c1nc2ccccc2c(=O)n1-c1ccc(OC)cc1. The van der Waals surface area contributed by atoms with Gasteiger partial charge in [-0.1, -0.05) is 28.1 Å². The fourth-order valence-corrected chi connectivity index (χ4v) is 3.72. The Hall–Kier alpha value is -3.38. The maximum atomic E-state index is 13.4. The van der Waals surface area contributed by atoms with E-state index in [1.54, 1.807) is 17.7 Å². The van der Waals surface area contributed by atoms with Crippen LogP contribution in [0.2, 0.25) is 0 Å². The molecule has 0 radical (unpaired) electrons. The Labute approximate surface area is 188 Å². The van der Waals surface area contributed by atoms with Gasteiger partial charge in [0.05, 0.1) is 30.3 Å². The second kappa shape index (κ2) is 9.18. The summed E-state index contributed by atoms with van der Waals surface area (Å²) in [6.07, 6.45) is 3.74. The Balaban J connectivity index is 1.90. The molecule has 0 N–H and O–H groups in total. The van der Waals surface area contributed by atoms with Crippen molar-refractivity contribution in [3.8, 4) is 17.2 Å². The van der Waals surface area contributed by atoms with Crippen LogP contribution in [0.15, 0.2) is 76.0 Å². The number of methoxy groups -OCH3 is 1. The zero-order chi connectivity index (χ0) is 21.8. The van der Waals surface area contributed by atoms with Gasteiger partial charge < -0.3 is 9.47 Å². The molecular weight excluding hydrogens is 456 g/mol. The van der Waals surface area contributed by atoms with Crippen molar-refractivity contribution in [2.24, 2.45) is 0 Å². The molecule has 4 aromatic rings. The number of hydrogen-bond acceptors (Lipinski definition) is 4. The first kappa shape index (κ1) is 20.9. The van der Waals surface area contributed by atoms with Crippen molar-refractivity contribution in [1.29, 1.82) is 0 Å². The Morgan fingerprint density at radius 3 is 2.55 bits per heavy atom. The molecule has 0 atom stereocenters. The van der Waals surface area contributed by atoms with Crippen LogP contribution in [0.25, 0.3) is 28.7 Å². The number of aromatic nitrogens is 2. The van der Waals surface area contributed by atoms with Gasteiger partial charge in [0.1, 0.15) is 17.3 Å². The lowest BCUT2D eigenvalue weighted by Gasteiger charge is -2.12. The molecule has 0 bridgehead atoms. The van der Waals surface area contributed by atoms with E-state index in [0.717, 1.165) is 21.5 Å². The Kier molecular flexibility index (Phi) is 6.18. The molecule has 1 aromatic heterocycles. The first-order valence-electron chi connectivity index (χ1n) is 9.87. The molecule has 156 valence electrons. The van der Waals surface area contributed by atoms with Crippen LogP contribution in [0.5, 0.6) is 11.5 Å². The van der Waals surface area contributed by atoms with Gasteiger partial charge in [-0.15, -0.1) is 0 Å². The monoisotopic (exact) mass is 476 g/mol. The second-order valence-electron chi connectivity index (χ2n) is 6.77. The summed E-state index contributed by atoms with van der Waals surface area (Å²) in [6, 6.07) is 20.5. The number of hydrogen-bond donors (Lipinski definition) is 0. The van der Waals surface area contributed by atoms with Crippen molar-refractivity contribution in [2.75, 3.05) is 13.7 Å². The summed E-state index contributed by atoms with van der Waals surface area (Å²) in [5, 5.41) is 0.563. The van der Waals surface area contributed by atoms with Gasteiger partial charge in [0, 0.05) is 10.0 Å². The molecule has 31 heavy (non-hydrogen) atoms. The standard InChI is InChI=1S/C25H21BrN2O3/c1-3-31-23-14-9-18(26)16-17(23)8-15-24-27-22-7-5-4-6-21(22)25(29)28(24)19-10-12-20(30-2)13-11-19/h4-16H,3H2,1-2H3/b15-8+. The number of rotatable bonds is 6. The van der Waals surface area contributed by atoms with E-state index in [4.69, 9.17) is 14.5 Å². The first-order valence-corrected chi connectivity index (χ1v) is 10.7. The summed E-state index contributed by atoms with van der Waals surface area (Å²) in [5.74, 6) is 2.01. The van der Waals surface area contributed by atoms with Crippen LogP contribution in [-0.4, -0.2) is 23.3 Å². The summed E-state index contributed by atoms with van der Waals surface area (Å²) >= 11 is 3.51. The minimum absolute atomic E-state index is 0.130. The number of nitrogens with zero attached hydrogens (tertiary/aromatic N) is 2. The average Bonchev–Trinajstić information content (AvgIpc) is 2.79. The molecule has 0 amide bonds. The van der Waals surface area contributed by atoms with Gasteiger partial charge in [-0.05, 0) is 73.7 Å². The number of fused-ring (bicyclic) bond motifs is 1. The maximum absolute atomic E-state index is 13.4. The molecule has 1 heterocycles. The van der Waals surface area contributed by atoms with Crippen molar-refractivity contribution in [3.63, 3.8) is 0 Å². The van der Waals surface area contributed by atoms with Crippen LogP contribution in [0.3, 0.4) is 0 Å². The van der Waals surface area contributed by atoms with E-state index in [1.807, 2.05) is 79.7 Å². The van der Waals surface area contributed by atoms with Crippen molar-refractivity contribution in [1.82, 2.24) is 9.55 Å². The lowest BCUT2D eigenvalue weighted by molar-refractivity contribution is 0.339. The highest BCUT2D eigenvalue weighted by atomic mass is 79.9. The van der Waals surface area contributed by atoms with Gasteiger partial charge in [-0.2, -0.15) is 0 Å². The smallest absolute Gasteiger partial charge is 0.266 e. The molecule has 0 aliphatic carbocycles. The molecule has 3 aromatic carbocycles. The molecule has 5 nitrogen and oxygen atoms in total. The predicted octanol–water partition coefficient (Wildman–Crippen LogP) is 5.73. The first-order chi connectivity index (χ1) is 15.1. The zero-order valence-corrected chi connectivity index (χ0v) is 18.8. The van der Waals surface area contributed by atoms with Crippen molar-refractivity contribution < 1.29 is 9.47 Å². The molecule has 0 unspecified atom stereocenters. The van der Waals surface area contributed by atoms with Crippen molar-refractivity contribution in [2.45, 2.75) is 6.92 Å². The summed E-state index contributed by atoms with van der Waals surface area (Å²) in [4.78, 5) is 18.1. The van der Waals surface area contributed by atoms with Gasteiger partial charge >= 0.3 is 0 Å². The molecule has 0 fully saturated rings. The Bertz CT molecular complexity index is 1310. The number of para-hydroxylation sites is 1. The molecule has 0 spiro atoms. The van der Waals surface area contributed by atoms with Crippen LogP contribution in [0, 0.1) is 0 Å². The van der Waals surface area contributed by atoms with Crippen molar-refractivity contribution >= 4 is 39.0 Å². The Morgan fingerprint density at radius 1 is 1.03 bits per heavy atom. The molecular formula is C25H21BrN2O3.